The highest BCUT2D eigenvalue weighted by Crippen LogP contribution is 2.24. The topological polar surface area (TPSA) is 95.5 Å². The molecule has 28 heavy (non-hydrogen) atoms. The Balaban J connectivity index is 1.89. The maximum Gasteiger partial charge on any atom is 0.262 e. The molecule has 0 saturated heterocycles. The Morgan fingerprint density at radius 2 is 1.61 bits per heavy atom. The first kappa shape index (κ1) is 19.4. The lowest BCUT2D eigenvalue weighted by atomic mass is 10.1. The molecule has 0 aliphatic carbocycles. The van der Waals surface area contributed by atoms with Gasteiger partial charge in [0.2, 0.25) is 0 Å². The summed E-state index contributed by atoms with van der Waals surface area (Å²) in [5, 5.41) is 12.4. The van der Waals surface area contributed by atoms with Crippen molar-refractivity contribution >= 4 is 27.3 Å². The van der Waals surface area contributed by atoms with Gasteiger partial charge in [-0.15, -0.1) is 0 Å². The molecule has 0 heterocycles. The van der Waals surface area contributed by atoms with E-state index in [-0.39, 0.29) is 21.9 Å². The zero-order valence-corrected chi connectivity index (χ0v) is 16.2. The molecule has 144 valence electrons. The summed E-state index contributed by atoms with van der Waals surface area (Å²) in [7, 11) is -3.87. The number of aryl methyl sites for hydroxylation is 2. The molecule has 3 aromatic carbocycles. The molecule has 3 rings (SSSR count). The highest BCUT2D eigenvalue weighted by Gasteiger charge is 2.20. The Hall–Kier alpha value is -3.32. The van der Waals surface area contributed by atoms with Crippen molar-refractivity contribution in [1.29, 1.82) is 0 Å². The number of amides is 1. The molecule has 6 nitrogen and oxygen atoms in total. The first-order chi connectivity index (χ1) is 13.3. The van der Waals surface area contributed by atoms with E-state index in [0.717, 1.165) is 5.56 Å². The number of phenols is 1. The summed E-state index contributed by atoms with van der Waals surface area (Å²) in [5.41, 5.74) is 2.38. The Labute approximate surface area is 163 Å². The number of aromatic hydroxyl groups is 1. The van der Waals surface area contributed by atoms with Crippen molar-refractivity contribution in [3.05, 3.63) is 83.4 Å². The second-order valence-corrected chi connectivity index (χ2v) is 8.07. The fourth-order valence-electron chi connectivity index (χ4n) is 2.64. The Morgan fingerprint density at radius 1 is 0.929 bits per heavy atom. The van der Waals surface area contributed by atoms with Crippen LogP contribution in [0.25, 0.3) is 0 Å². The third-order valence-corrected chi connectivity index (χ3v) is 5.72. The van der Waals surface area contributed by atoms with E-state index in [2.05, 4.69) is 10.0 Å². The smallest absolute Gasteiger partial charge is 0.262 e. The Kier molecular flexibility index (Phi) is 5.37. The van der Waals surface area contributed by atoms with Crippen LogP contribution in [0.4, 0.5) is 11.4 Å². The maximum absolute atomic E-state index is 12.8. The molecule has 0 aliphatic rings. The molecule has 0 unspecified atom stereocenters. The molecule has 0 fully saturated rings. The normalized spacial score (nSPS) is 11.1. The molecule has 0 atom stereocenters. The zero-order valence-electron chi connectivity index (χ0n) is 15.4. The van der Waals surface area contributed by atoms with Crippen molar-refractivity contribution < 1.29 is 18.3 Å². The first-order valence-corrected chi connectivity index (χ1v) is 10.0. The number of hydrogen-bond donors (Lipinski definition) is 3. The van der Waals surface area contributed by atoms with Gasteiger partial charge in [0.1, 0.15) is 5.75 Å². The predicted octanol–water partition coefficient (Wildman–Crippen LogP) is 4.06. The molecular weight excluding hydrogens is 376 g/mol. The van der Waals surface area contributed by atoms with Gasteiger partial charge in [0.15, 0.2) is 0 Å². The minimum atomic E-state index is -3.87. The van der Waals surface area contributed by atoms with Crippen molar-refractivity contribution in [1.82, 2.24) is 0 Å². The van der Waals surface area contributed by atoms with Crippen molar-refractivity contribution in [2.24, 2.45) is 0 Å². The van der Waals surface area contributed by atoms with E-state index in [1.54, 1.807) is 55.5 Å². The number of rotatable bonds is 5. The van der Waals surface area contributed by atoms with Gasteiger partial charge in [-0.2, -0.15) is 0 Å². The Morgan fingerprint density at radius 3 is 2.29 bits per heavy atom. The number of benzene rings is 3. The standard InChI is InChI=1S/C21H20N2O4S/c1-14-7-11-17(12-8-14)23-28(26,27)20-13-16(10-9-15(20)2)21(25)22-18-5-3-4-6-19(18)24/h3-13,23-24H,1-2H3,(H,22,25). The molecular formula is C21H20N2O4S. The highest BCUT2D eigenvalue weighted by molar-refractivity contribution is 7.92. The zero-order chi connectivity index (χ0) is 20.3. The van der Waals surface area contributed by atoms with Gasteiger partial charge in [-0.1, -0.05) is 35.9 Å². The second kappa shape index (κ2) is 7.74. The number of anilines is 2. The molecule has 0 bridgehead atoms. The molecule has 0 spiro atoms. The summed E-state index contributed by atoms with van der Waals surface area (Å²) in [4.78, 5) is 12.5. The quantitative estimate of drug-likeness (QED) is 0.567. The third kappa shape index (κ3) is 4.32. The summed E-state index contributed by atoms with van der Waals surface area (Å²) in [5.74, 6) is -0.592. The number of para-hydroxylation sites is 2. The van der Waals surface area contributed by atoms with Gasteiger partial charge in [0.05, 0.1) is 10.6 Å². The van der Waals surface area contributed by atoms with Crippen LogP contribution >= 0.6 is 0 Å². The van der Waals surface area contributed by atoms with E-state index in [0.29, 0.717) is 11.3 Å². The van der Waals surface area contributed by atoms with E-state index in [4.69, 9.17) is 0 Å². The molecule has 0 aromatic heterocycles. The van der Waals surface area contributed by atoms with E-state index in [9.17, 15) is 18.3 Å². The Bertz CT molecular complexity index is 1120. The van der Waals surface area contributed by atoms with Gasteiger partial charge in [0, 0.05) is 11.3 Å². The fraction of sp³-hybridized carbons (Fsp3) is 0.0952. The van der Waals surface area contributed by atoms with Crippen molar-refractivity contribution in [3.8, 4) is 5.75 Å². The van der Waals surface area contributed by atoms with E-state index >= 15 is 0 Å². The number of nitrogens with one attached hydrogen (secondary N) is 2. The largest absolute Gasteiger partial charge is 0.506 e. The highest BCUT2D eigenvalue weighted by atomic mass is 32.2. The van der Waals surface area contributed by atoms with Crippen molar-refractivity contribution in [2.45, 2.75) is 18.7 Å². The average Bonchev–Trinajstić information content (AvgIpc) is 2.65. The average molecular weight is 396 g/mol. The van der Waals surface area contributed by atoms with Crippen molar-refractivity contribution in [2.75, 3.05) is 10.0 Å². The van der Waals surface area contributed by atoms with Gasteiger partial charge in [-0.3, -0.25) is 9.52 Å². The number of carbonyl (C=O) groups is 1. The molecule has 1 amide bonds. The van der Waals surface area contributed by atoms with Crippen LogP contribution in [0.1, 0.15) is 21.5 Å². The SMILES string of the molecule is Cc1ccc(NS(=O)(=O)c2cc(C(=O)Nc3ccccc3O)ccc2C)cc1. The van der Waals surface area contributed by atoms with Gasteiger partial charge in [0.25, 0.3) is 15.9 Å². The summed E-state index contributed by atoms with van der Waals surface area (Å²) < 4.78 is 28.2. The summed E-state index contributed by atoms with van der Waals surface area (Å²) in [6.45, 7) is 3.57. The van der Waals surface area contributed by atoms with Crippen LogP contribution < -0.4 is 10.0 Å². The molecule has 3 N–H and O–H groups in total. The van der Waals surface area contributed by atoms with Crippen LogP contribution in [0.3, 0.4) is 0 Å². The van der Waals surface area contributed by atoms with Crippen LogP contribution in [0.2, 0.25) is 0 Å². The van der Waals surface area contributed by atoms with Crippen LogP contribution in [-0.4, -0.2) is 19.4 Å². The van der Waals surface area contributed by atoms with Gasteiger partial charge >= 0.3 is 0 Å². The van der Waals surface area contributed by atoms with Crippen LogP contribution in [-0.2, 0) is 10.0 Å². The van der Waals surface area contributed by atoms with Crippen molar-refractivity contribution in [3.63, 3.8) is 0 Å². The van der Waals surface area contributed by atoms with E-state index in [1.165, 1.54) is 18.2 Å². The molecule has 0 radical (unpaired) electrons. The minimum Gasteiger partial charge on any atom is -0.506 e. The third-order valence-electron chi connectivity index (χ3n) is 4.20. The lowest BCUT2D eigenvalue weighted by Crippen LogP contribution is -2.17. The number of hydrogen-bond acceptors (Lipinski definition) is 4. The molecule has 0 aliphatic heterocycles. The van der Waals surface area contributed by atoms with Crippen LogP contribution in [0.5, 0.6) is 5.75 Å². The number of sulfonamides is 1. The lowest BCUT2D eigenvalue weighted by Gasteiger charge is -2.13. The van der Waals surface area contributed by atoms with Gasteiger partial charge in [-0.25, -0.2) is 8.42 Å². The van der Waals surface area contributed by atoms with Gasteiger partial charge in [-0.05, 0) is 55.8 Å². The molecule has 0 saturated carbocycles. The van der Waals surface area contributed by atoms with E-state index in [1.807, 2.05) is 6.92 Å². The monoisotopic (exact) mass is 396 g/mol. The predicted molar refractivity (Wildman–Crippen MR) is 109 cm³/mol. The minimum absolute atomic E-state index is 0.0120. The summed E-state index contributed by atoms with van der Waals surface area (Å²) in [6.07, 6.45) is 0. The fourth-order valence-corrected chi connectivity index (χ4v) is 3.97. The number of phenolic OH excluding ortho intramolecular Hbond substituents is 1. The summed E-state index contributed by atoms with van der Waals surface area (Å²) in [6, 6.07) is 17.7. The van der Waals surface area contributed by atoms with Crippen LogP contribution in [0.15, 0.2) is 71.6 Å². The summed E-state index contributed by atoms with van der Waals surface area (Å²) >= 11 is 0. The molecule has 7 heteroatoms. The van der Waals surface area contributed by atoms with Gasteiger partial charge < -0.3 is 10.4 Å². The maximum atomic E-state index is 12.8. The second-order valence-electron chi connectivity index (χ2n) is 6.42. The van der Waals surface area contributed by atoms with Crippen LogP contribution in [0, 0.1) is 13.8 Å². The molecule has 3 aromatic rings. The first-order valence-electron chi connectivity index (χ1n) is 8.56. The van der Waals surface area contributed by atoms with E-state index < -0.39 is 15.9 Å². The lowest BCUT2D eigenvalue weighted by molar-refractivity contribution is 0.102. The number of carbonyl (C=O) groups excluding carboxylic acids is 1.